The van der Waals surface area contributed by atoms with Gasteiger partial charge in [0, 0.05) is 0 Å². The van der Waals surface area contributed by atoms with Crippen LogP contribution in [0.25, 0.3) is 0 Å². The normalized spacial score (nSPS) is 12.4. The highest BCUT2D eigenvalue weighted by atomic mass is 15.1. The standard InChI is InChI=1S/C13H29N/c1-6-8-9-11-14(7-2)12-10-13(3,4)5/h6-12H2,1-5H3. The Kier molecular flexibility index (Phi) is 7.26. The van der Waals surface area contributed by atoms with E-state index >= 15 is 0 Å². The lowest BCUT2D eigenvalue weighted by atomic mass is 9.92. The molecule has 0 aliphatic heterocycles. The predicted octanol–water partition coefficient (Wildman–Crippen LogP) is 3.93. The van der Waals surface area contributed by atoms with E-state index in [1.807, 2.05) is 0 Å². The predicted molar refractivity (Wildman–Crippen MR) is 65.7 cm³/mol. The van der Waals surface area contributed by atoms with Gasteiger partial charge >= 0.3 is 0 Å². The summed E-state index contributed by atoms with van der Waals surface area (Å²) in [5.41, 5.74) is 0.484. The molecule has 0 rings (SSSR count). The smallest absolute Gasteiger partial charge is 0.00139 e. The van der Waals surface area contributed by atoms with Crippen molar-refractivity contribution in [3.63, 3.8) is 0 Å². The lowest BCUT2D eigenvalue weighted by molar-refractivity contribution is 0.233. The van der Waals surface area contributed by atoms with Gasteiger partial charge in [0.25, 0.3) is 0 Å². The summed E-state index contributed by atoms with van der Waals surface area (Å²) in [5, 5.41) is 0. The van der Waals surface area contributed by atoms with Crippen LogP contribution in [0.1, 0.15) is 60.3 Å². The van der Waals surface area contributed by atoms with Crippen LogP contribution in [0, 0.1) is 5.41 Å². The molecule has 0 unspecified atom stereocenters. The first kappa shape index (κ1) is 14.0. The highest BCUT2D eigenvalue weighted by Crippen LogP contribution is 2.18. The summed E-state index contributed by atoms with van der Waals surface area (Å²) in [6.07, 6.45) is 5.39. The first-order valence-corrected chi connectivity index (χ1v) is 6.22. The molecule has 0 heterocycles. The van der Waals surface area contributed by atoms with E-state index in [9.17, 15) is 0 Å². The highest BCUT2D eigenvalue weighted by Gasteiger charge is 2.11. The Balaban J connectivity index is 3.58. The largest absolute Gasteiger partial charge is 0.304 e. The molecule has 0 saturated carbocycles. The van der Waals surface area contributed by atoms with Gasteiger partial charge in [-0.3, -0.25) is 0 Å². The molecular formula is C13H29N. The molecule has 0 fully saturated rings. The van der Waals surface area contributed by atoms with Crippen molar-refractivity contribution in [1.82, 2.24) is 4.90 Å². The fourth-order valence-electron chi connectivity index (χ4n) is 1.51. The molecule has 0 aromatic rings. The molecule has 0 aromatic heterocycles. The third kappa shape index (κ3) is 8.55. The van der Waals surface area contributed by atoms with Crippen molar-refractivity contribution in [3.05, 3.63) is 0 Å². The molecule has 0 spiro atoms. The van der Waals surface area contributed by atoms with E-state index in [1.54, 1.807) is 0 Å². The monoisotopic (exact) mass is 199 g/mol. The van der Waals surface area contributed by atoms with Gasteiger partial charge in [0.2, 0.25) is 0 Å². The first-order valence-electron chi connectivity index (χ1n) is 6.22. The summed E-state index contributed by atoms with van der Waals surface area (Å²) < 4.78 is 0. The van der Waals surface area contributed by atoms with Crippen molar-refractivity contribution in [3.8, 4) is 0 Å². The molecule has 0 N–H and O–H groups in total. The van der Waals surface area contributed by atoms with Crippen molar-refractivity contribution in [2.24, 2.45) is 5.41 Å². The van der Waals surface area contributed by atoms with Crippen molar-refractivity contribution in [2.75, 3.05) is 19.6 Å². The van der Waals surface area contributed by atoms with E-state index < -0.39 is 0 Å². The molecular weight excluding hydrogens is 170 g/mol. The number of nitrogens with zero attached hydrogens (tertiary/aromatic N) is 1. The summed E-state index contributed by atoms with van der Waals surface area (Å²) in [4.78, 5) is 2.58. The van der Waals surface area contributed by atoms with Crippen LogP contribution in [0.4, 0.5) is 0 Å². The fourth-order valence-corrected chi connectivity index (χ4v) is 1.51. The molecule has 0 aliphatic carbocycles. The topological polar surface area (TPSA) is 3.24 Å². The molecule has 0 amide bonds. The van der Waals surface area contributed by atoms with Crippen LogP contribution in [0.3, 0.4) is 0 Å². The molecule has 0 radical (unpaired) electrons. The van der Waals surface area contributed by atoms with Crippen LogP contribution in [-0.4, -0.2) is 24.5 Å². The van der Waals surface area contributed by atoms with Gasteiger partial charge in [-0.15, -0.1) is 0 Å². The van der Waals surface area contributed by atoms with Crippen molar-refractivity contribution >= 4 is 0 Å². The molecule has 0 bridgehead atoms. The maximum atomic E-state index is 2.58. The molecule has 0 aliphatic rings. The average molecular weight is 199 g/mol. The third-order valence-electron chi connectivity index (χ3n) is 2.70. The lowest BCUT2D eigenvalue weighted by Crippen LogP contribution is -2.28. The highest BCUT2D eigenvalue weighted by molar-refractivity contribution is 4.65. The summed E-state index contributed by atoms with van der Waals surface area (Å²) >= 11 is 0. The van der Waals surface area contributed by atoms with Gasteiger partial charge in [0.05, 0.1) is 0 Å². The average Bonchev–Trinajstić information content (AvgIpc) is 2.09. The van der Waals surface area contributed by atoms with Crippen LogP contribution in [0.2, 0.25) is 0 Å². The Bertz CT molecular complexity index is 124. The Hall–Kier alpha value is -0.0400. The molecule has 14 heavy (non-hydrogen) atoms. The van der Waals surface area contributed by atoms with Gasteiger partial charge in [-0.05, 0) is 37.9 Å². The van der Waals surface area contributed by atoms with Crippen molar-refractivity contribution < 1.29 is 0 Å². The zero-order chi connectivity index (χ0) is 11.0. The summed E-state index contributed by atoms with van der Waals surface area (Å²) in [7, 11) is 0. The molecule has 1 heteroatoms. The Morgan fingerprint density at radius 1 is 0.929 bits per heavy atom. The number of hydrogen-bond acceptors (Lipinski definition) is 1. The molecule has 0 atom stereocenters. The third-order valence-corrected chi connectivity index (χ3v) is 2.70. The maximum absolute atomic E-state index is 2.58. The minimum atomic E-state index is 0.484. The summed E-state index contributed by atoms with van der Waals surface area (Å²) in [6.45, 7) is 15.3. The molecule has 0 aromatic carbocycles. The minimum absolute atomic E-state index is 0.484. The number of unbranched alkanes of at least 4 members (excludes halogenated alkanes) is 2. The molecule has 0 saturated heterocycles. The SMILES string of the molecule is CCCCCN(CC)CCC(C)(C)C. The van der Waals surface area contributed by atoms with Gasteiger partial charge in [-0.25, -0.2) is 0 Å². The summed E-state index contributed by atoms with van der Waals surface area (Å²) in [5.74, 6) is 0. The van der Waals surface area contributed by atoms with Crippen LogP contribution in [0.5, 0.6) is 0 Å². The van der Waals surface area contributed by atoms with Gasteiger partial charge in [0.15, 0.2) is 0 Å². The van der Waals surface area contributed by atoms with Crippen LogP contribution < -0.4 is 0 Å². The van der Waals surface area contributed by atoms with E-state index in [0.717, 1.165) is 0 Å². The zero-order valence-corrected chi connectivity index (χ0v) is 10.9. The van der Waals surface area contributed by atoms with Crippen molar-refractivity contribution in [2.45, 2.75) is 60.3 Å². The van der Waals surface area contributed by atoms with Crippen LogP contribution in [-0.2, 0) is 0 Å². The van der Waals surface area contributed by atoms with Gasteiger partial charge in [-0.1, -0.05) is 47.5 Å². The first-order chi connectivity index (χ1) is 6.49. The number of rotatable bonds is 7. The molecule has 86 valence electrons. The zero-order valence-electron chi connectivity index (χ0n) is 10.9. The second-order valence-corrected chi connectivity index (χ2v) is 5.45. The maximum Gasteiger partial charge on any atom is -0.00139 e. The van der Waals surface area contributed by atoms with E-state index in [-0.39, 0.29) is 0 Å². The quantitative estimate of drug-likeness (QED) is 0.561. The second kappa shape index (κ2) is 7.28. The molecule has 1 nitrogen and oxygen atoms in total. The summed E-state index contributed by atoms with van der Waals surface area (Å²) in [6, 6.07) is 0. The van der Waals surface area contributed by atoms with E-state index in [2.05, 4.69) is 39.5 Å². The number of hydrogen-bond donors (Lipinski definition) is 0. The van der Waals surface area contributed by atoms with Gasteiger partial charge in [-0.2, -0.15) is 0 Å². The second-order valence-electron chi connectivity index (χ2n) is 5.45. The van der Waals surface area contributed by atoms with Gasteiger partial charge in [0.1, 0.15) is 0 Å². The van der Waals surface area contributed by atoms with Crippen LogP contribution in [0.15, 0.2) is 0 Å². The Morgan fingerprint density at radius 3 is 2.00 bits per heavy atom. The Labute approximate surface area is 90.9 Å². The fraction of sp³-hybridized carbons (Fsp3) is 1.00. The van der Waals surface area contributed by atoms with Gasteiger partial charge < -0.3 is 4.90 Å². The lowest BCUT2D eigenvalue weighted by Gasteiger charge is -2.25. The van der Waals surface area contributed by atoms with E-state index in [1.165, 1.54) is 45.3 Å². The Morgan fingerprint density at radius 2 is 1.57 bits per heavy atom. The van der Waals surface area contributed by atoms with Crippen LogP contribution >= 0.6 is 0 Å². The van der Waals surface area contributed by atoms with E-state index in [4.69, 9.17) is 0 Å². The van der Waals surface area contributed by atoms with E-state index in [0.29, 0.717) is 5.41 Å². The van der Waals surface area contributed by atoms with Crippen molar-refractivity contribution in [1.29, 1.82) is 0 Å². The minimum Gasteiger partial charge on any atom is -0.304 e.